The van der Waals surface area contributed by atoms with E-state index >= 15 is 0 Å². The fourth-order valence-corrected chi connectivity index (χ4v) is 3.90. The Labute approximate surface area is 158 Å². The van der Waals surface area contributed by atoms with E-state index in [1.165, 1.54) is 12.1 Å². The van der Waals surface area contributed by atoms with Crippen LogP contribution in [-0.4, -0.2) is 27.5 Å². The maximum Gasteiger partial charge on any atom is 0.242 e. The molecule has 0 spiro atoms. The van der Waals surface area contributed by atoms with Gasteiger partial charge in [0, 0.05) is 10.7 Å². The summed E-state index contributed by atoms with van der Waals surface area (Å²) in [6, 6.07) is 11.7. The minimum Gasteiger partial charge on any atom is -0.497 e. The molecule has 140 valence electrons. The van der Waals surface area contributed by atoms with Crippen molar-refractivity contribution < 1.29 is 17.9 Å². The molecule has 0 heterocycles. The van der Waals surface area contributed by atoms with E-state index in [-0.39, 0.29) is 10.8 Å². The normalized spacial score (nSPS) is 12.7. The van der Waals surface area contributed by atoms with Gasteiger partial charge in [0.05, 0.1) is 12.0 Å². The Bertz CT molecular complexity index is 867. The van der Waals surface area contributed by atoms with Gasteiger partial charge < -0.3 is 10.1 Å². The molecule has 0 bridgehead atoms. The highest BCUT2D eigenvalue weighted by Crippen LogP contribution is 2.19. The van der Waals surface area contributed by atoms with Crippen LogP contribution in [0.15, 0.2) is 53.4 Å². The van der Waals surface area contributed by atoms with Gasteiger partial charge in [0.1, 0.15) is 11.8 Å². The van der Waals surface area contributed by atoms with Gasteiger partial charge in [-0.25, -0.2) is 8.42 Å². The van der Waals surface area contributed by atoms with E-state index in [4.69, 9.17) is 16.3 Å². The summed E-state index contributed by atoms with van der Waals surface area (Å²) >= 11 is 5.86. The Morgan fingerprint density at radius 1 is 1.12 bits per heavy atom. The van der Waals surface area contributed by atoms with Crippen LogP contribution in [0.2, 0.25) is 5.02 Å². The van der Waals surface area contributed by atoms with Crippen LogP contribution in [0.25, 0.3) is 0 Å². The first-order valence-electron chi connectivity index (χ1n) is 7.96. The van der Waals surface area contributed by atoms with Crippen LogP contribution < -0.4 is 14.8 Å². The van der Waals surface area contributed by atoms with Gasteiger partial charge in [-0.15, -0.1) is 0 Å². The van der Waals surface area contributed by atoms with Gasteiger partial charge in [0.2, 0.25) is 15.9 Å². The summed E-state index contributed by atoms with van der Waals surface area (Å²) in [7, 11) is -2.34. The van der Waals surface area contributed by atoms with E-state index < -0.39 is 22.0 Å². The highest BCUT2D eigenvalue weighted by Gasteiger charge is 2.28. The molecule has 0 aliphatic rings. The molecule has 0 unspecified atom stereocenters. The number of benzene rings is 2. The number of anilines is 1. The van der Waals surface area contributed by atoms with Crippen molar-refractivity contribution in [2.45, 2.75) is 24.8 Å². The molecule has 2 aromatic carbocycles. The number of halogens is 1. The van der Waals surface area contributed by atoms with Gasteiger partial charge in [-0.2, -0.15) is 4.72 Å². The first kappa shape index (κ1) is 20.2. The molecule has 2 N–H and O–H groups in total. The highest BCUT2D eigenvalue weighted by molar-refractivity contribution is 7.89. The van der Waals surface area contributed by atoms with Crippen LogP contribution in [0, 0.1) is 5.92 Å². The summed E-state index contributed by atoms with van der Waals surface area (Å²) in [5.74, 6) is -0.0527. The molecule has 0 aliphatic carbocycles. The van der Waals surface area contributed by atoms with E-state index in [0.717, 1.165) is 0 Å². The molecular weight excluding hydrogens is 376 g/mol. The molecule has 2 aromatic rings. The Balaban J connectivity index is 2.18. The summed E-state index contributed by atoms with van der Waals surface area (Å²) in [5, 5.41) is 3.02. The van der Waals surface area contributed by atoms with Crippen molar-refractivity contribution >= 4 is 33.2 Å². The van der Waals surface area contributed by atoms with Crippen molar-refractivity contribution in [1.29, 1.82) is 0 Å². The highest BCUT2D eigenvalue weighted by atomic mass is 35.5. The first-order valence-corrected chi connectivity index (χ1v) is 9.82. The molecule has 0 saturated carbocycles. The number of amides is 1. The van der Waals surface area contributed by atoms with Crippen molar-refractivity contribution in [3.05, 3.63) is 53.6 Å². The first-order chi connectivity index (χ1) is 12.2. The lowest BCUT2D eigenvalue weighted by atomic mass is 10.0. The number of sulfonamides is 1. The second kappa shape index (κ2) is 8.53. The third-order valence-electron chi connectivity index (χ3n) is 3.70. The predicted molar refractivity (Wildman–Crippen MR) is 102 cm³/mol. The number of hydrogen-bond acceptors (Lipinski definition) is 4. The van der Waals surface area contributed by atoms with Gasteiger partial charge in [-0.3, -0.25) is 4.79 Å². The van der Waals surface area contributed by atoms with Crippen LogP contribution in [0.5, 0.6) is 5.75 Å². The number of carbonyl (C=O) groups is 1. The second-order valence-corrected chi connectivity index (χ2v) is 8.17. The predicted octanol–water partition coefficient (Wildman–Crippen LogP) is 3.29. The Morgan fingerprint density at radius 3 is 2.31 bits per heavy atom. The van der Waals surface area contributed by atoms with Crippen LogP contribution in [0.4, 0.5) is 5.69 Å². The van der Waals surface area contributed by atoms with Gasteiger partial charge in [0.15, 0.2) is 0 Å². The van der Waals surface area contributed by atoms with E-state index in [0.29, 0.717) is 16.5 Å². The fraction of sp³-hybridized carbons (Fsp3) is 0.278. The van der Waals surface area contributed by atoms with Gasteiger partial charge >= 0.3 is 0 Å². The summed E-state index contributed by atoms with van der Waals surface area (Å²) < 4.78 is 32.7. The average Bonchev–Trinajstić information content (AvgIpc) is 2.60. The topological polar surface area (TPSA) is 84.5 Å². The zero-order chi connectivity index (χ0) is 19.3. The average molecular weight is 397 g/mol. The van der Waals surface area contributed by atoms with E-state index in [1.807, 2.05) is 0 Å². The maximum atomic E-state index is 12.6. The zero-order valence-electron chi connectivity index (χ0n) is 14.7. The Morgan fingerprint density at radius 2 is 1.77 bits per heavy atom. The summed E-state index contributed by atoms with van der Waals surface area (Å²) in [6.07, 6.45) is 0. The Hall–Kier alpha value is -2.09. The lowest BCUT2D eigenvalue weighted by Crippen LogP contribution is -2.47. The number of methoxy groups -OCH3 is 1. The molecule has 2 rings (SSSR count). The maximum absolute atomic E-state index is 12.6. The third kappa shape index (κ3) is 5.20. The quantitative estimate of drug-likeness (QED) is 0.752. The summed E-state index contributed by atoms with van der Waals surface area (Å²) in [5.41, 5.74) is 0.545. The monoisotopic (exact) mass is 396 g/mol. The van der Waals surface area contributed by atoms with E-state index in [2.05, 4.69) is 10.0 Å². The van der Waals surface area contributed by atoms with Crippen molar-refractivity contribution in [1.82, 2.24) is 4.72 Å². The molecule has 0 fully saturated rings. The SMILES string of the molecule is COc1ccc(NC(=O)[C@H](NS(=O)(=O)c2cccc(Cl)c2)C(C)C)cc1. The van der Waals surface area contributed by atoms with Crippen molar-refractivity contribution in [3.63, 3.8) is 0 Å². The van der Waals surface area contributed by atoms with Crippen molar-refractivity contribution in [2.24, 2.45) is 5.92 Å². The molecule has 0 aliphatic heterocycles. The van der Waals surface area contributed by atoms with Crippen LogP contribution in [-0.2, 0) is 14.8 Å². The third-order valence-corrected chi connectivity index (χ3v) is 5.37. The smallest absolute Gasteiger partial charge is 0.242 e. The van der Waals surface area contributed by atoms with E-state index in [1.54, 1.807) is 57.4 Å². The fourth-order valence-electron chi connectivity index (χ4n) is 2.26. The number of carbonyl (C=O) groups excluding carboxylic acids is 1. The minimum atomic E-state index is -3.89. The number of ether oxygens (including phenoxy) is 1. The second-order valence-electron chi connectivity index (χ2n) is 6.02. The van der Waals surface area contributed by atoms with Crippen molar-refractivity contribution in [2.75, 3.05) is 12.4 Å². The molecule has 0 aromatic heterocycles. The lowest BCUT2D eigenvalue weighted by molar-refractivity contribution is -0.118. The summed E-state index contributed by atoms with van der Waals surface area (Å²) in [6.45, 7) is 3.53. The number of hydrogen-bond donors (Lipinski definition) is 2. The molecule has 1 amide bonds. The van der Waals surface area contributed by atoms with Crippen LogP contribution in [0.3, 0.4) is 0 Å². The Kier molecular flexibility index (Phi) is 6.63. The van der Waals surface area contributed by atoms with Gasteiger partial charge in [-0.1, -0.05) is 31.5 Å². The molecule has 0 radical (unpaired) electrons. The van der Waals surface area contributed by atoms with E-state index in [9.17, 15) is 13.2 Å². The van der Waals surface area contributed by atoms with Crippen LogP contribution in [0.1, 0.15) is 13.8 Å². The van der Waals surface area contributed by atoms with Gasteiger partial charge in [-0.05, 0) is 48.4 Å². The number of rotatable bonds is 7. The zero-order valence-corrected chi connectivity index (χ0v) is 16.3. The largest absolute Gasteiger partial charge is 0.497 e. The minimum absolute atomic E-state index is 0.00731. The lowest BCUT2D eigenvalue weighted by Gasteiger charge is -2.21. The van der Waals surface area contributed by atoms with Crippen molar-refractivity contribution in [3.8, 4) is 5.75 Å². The molecule has 6 nitrogen and oxygen atoms in total. The summed E-state index contributed by atoms with van der Waals surface area (Å²) in [4.78, 5) is 12.6. The molecule has 8 heteroatoms. The molecular formula is C18H21ClN2O4S. The number of nitrogens with one attached hydrogen (secondary N) is 2. The molecule has 1 atom stereocenters. The molecule has 0 saturated heterocycles. The standard InChI is InChI=1S/C18H21ClN2O4S/c1-12(2)17(18(22)20-14-7-9-15(25-3)10-8-14)21-26(23,24)16-6-4-5-13(19)11-16/h4-12,17,21H,1-3H3,(H,20,22)/t17-/m1/s1. The van der Waals surface area contributed by atoms with Crippen LogP contribution >= 0.6 is 11.6 Å². The molecule has 26 heavy (non-hydrogen) atoms. The van der Waals surface area contributed by atoms with Gasteiger partial charge in [0.25, 0.3) is 0 Å².